The fraction of sp³-hybridized carbons (Fsp3) is 0.667. The fourth-order valence-electron chi connectivity index (χ4n) is 6.61. The van der Waals surface area contributed by atoms with Crippen molar-refractivity contribution >= 4 is 11.9 Å². The van der Waals surface area contributed by atoms with Crippen molar-refractivity contribution in [2.24, 2.45) is 11.8 Å². The van der Waals surface area contributed by atoms with Gasteiger partial charge in [0.25, 0.3) is 0 Å². The number of fused-ring (bicyclic) bond motifs is 4. The van der Waals surface area contributed by atoms with Crippen molar-refractivity contribution in [1.29, 1.82) is 0 Å². The van der Waals surface area contributed by atoms with Crippen molar-refractivity contribution in [2.75, 3.05) is 26.2 Å². The monoisotopic (exact) mass is 594 g/mol. The number of esters is 1. The Morgan fingerprint density at radius 2 is 1.67 bits per heavy atom. The van der Waals surface area contributed by atoms with Crippen molar-refractivity contribution in [2.45, 2.75) is 116 Å². The van der Waals surface area contributed by atoms with Crippen LogP contribution in [0.4, 0.5) is 0 Å². The van der Waals surface area contributed by atoms with Gasteiger partial charge in [-0.25, -0.2) is 0 Å². The Morgan fingerprint density at radius 1 is 0.953 bits per heavy atom. The maximum absolute atomic E-state index is 13.2. The van der Waals surface area contributed by atoms with E-state index in [2.05, 4.69) is 44.3 Å². The van der Waals surface area contributed by atoms with Crippen molar-refractivity contribution in [1.82, 2.24) is 10.2 Å². The summed E-state index contributed by atoms with van der Waals surface area (Å²) in [5, 5.41) is 3.28. The largest absolute Gasteiger partial charge is 0.457 e. The average molecular weight is 595 g/mol. The topological polar surface area (TPSA) is 77.1 Å². The van der Waals surface area contributed by atoms with Gasteiger partial charge in [-0.15, -0.1) is 0 Å². The first kappa shape index (κ1) is 33.4. The molecule has 4 rings (SSSR count). The van der Waals surface area contributed by atoms with Crippen LogP contribution in [0.15, 0.2) is 59.8 Å². The van der Waals surface area contributed by atoms with E-state index < -0.39 is 0 Å². The van der Waals surface area contributed by atoms with E-state index in [0.717, 1.165) is 70.3 Å². The molecule has 4 bridgehead atoms. The summed E-state index contributed by atoms with van der Waals surface area (Å²) in [6.07, 6.45) is 24.1. The number of hydrogen-bond donors (Lipinski definition) is 1. The fourth-order valence-corrected chi connectivity index (χ4v) is 6.61. The number of amides is 1. The van der Waals surface area contributed by atoms with E-state index in [-0.39, 0.29) is 54.7 Å². The number of allylic oxidation sites excluding steroid dienone is 6. The number of nitrogens with one attached hydrogen (secondary N) is 1. The predicted molar refractivity (Wildman–Crippen MR) is 171 cm³/mol. The molecule has 0 saturated carbocycles. The highest BCUT2D eigenvalue weighted by Gasteiger charge is 2.32. The zero-order chi connectivity index (χ0) is 30.6. The van der Waals surface area contributed by atoms with E-state index in [9.17, 15) is 9.59 Å². The first-order valence-corrected chi connectivity index (χ1v) is 16.6. The summed E-state index contributed by atoms with van der Waals surface area (Å²) in [5.74, 6) is 0.346. The van der Waals surface area contributed by atoms with E-state index in [4.69, 9.17) is 14.2 Å². The quantitative estimate of drug-likeness (QED) is 0.231. The van der Waals surface area contributed by atoms with E-state index in [0.29, 0.717) is 12.3 Å². The molecule has 43 heavy (non-hydrogen) atoms. The Labute approximate surface area is 259 Å². The molecule has 0 radical (unpaired) electrons. The van der Waals surface area contributed by atoms with Gasteiger partial charge in [-0.2, -0.15) is 0 Å². The molecule has 4 aliphatic heterocycles. The Balaban J connectivity index is 1.42. The summed E-state index contributed by atoms with van der Waals surface area (Å²) >= 11 is 0. The van der Waals surface area contributed by atoms with Gasteiger partial charge in [0.2, 0.25) is 5.91 Å². The third-order valence-electron chi connectivity index (χ3n) is 9.10. The third kappa shape index (κ3) is 11.2. The molecule has 0 aromatic rings. The van der Waals surface area contributed by atoms with E-state index >= 15 is 0 Å². The van der Waals surface area contributed by atoms with Crippen LogP contribution in [0.1, 0.15) is 85.5 Å². The molecule has 0 aromatic carbocycles. The lowest BCUT2D eigenvalue weighted by Gasteiger charge is -2.37. The number of piperazine rings is 1. The van der Waals surface area contributed by atoms with Crippen LogP contribution in [0, 0.1) is 11.8 Å². The lowest BCUT2D eigenvalue weighted by Crippen LogP contribution is -2.46. The molecule has 7 heteroatoms. The summed E-state index contributed by atoms with van der Waals surface area (Å²) < 4.78 is 19.1. The van der Waals surface area contributed by atoms with Gasteiger partial charge in [0.1, 0.15) is 6.10 Å². The van der Waals surface area contributed by atoms with Crippen molar-refractivity contribution in [3.8, 4) is 0 Å². The smallest absolute Gasteiger partial charge is 0.309 e. The molecule has 3 fully saturated rings. The predicted octanol–water partition coefficient (Wildman–Crippen LogP) is 6.22. The maximum Gasteiger partial charge on any atom is 0.309 e. The number of carbonyl (C=O) groups excluding carboxylic acids is 2. The van der Waals surface area contributed by atoms with Crippen LogP contribution in [0.5, 0.6) is 0 Å². The van der Waals surface area contributed by atoms with Crippen LogP contribution in [0.2, 0.25) is 0 Å². The van der Waals surface area contributed by atoms with Gasteiger partial charge >= 0.3 is 5.97 Å². The van der Waals surface area contributed by atoms with Crippen LogP contribution in [-0.4, -0.2) is 73.5 Å². The van der Waals surface area contributed by atoms with Gasteiger partial charge in [-0.3, -0.25) is 9.59 Å². The molecular weight excluding hydrogens is 540 g/mol. The molecular formula is C36H54N2O5. The van der Waals surface area contributed by atoms with Crippen LogP contribution in [0.25, 0.3) is 0 Å². The van der Waals surface area contributed by atoms with E-state index in [1.54, 1.807) is 0 Å². The second-order valence-corrected chi connectivity index (χ2v) is 13.0. The SMILES string of the molecule is CC=C1CC2CC(=O)OC(C=CC=CC=C(C)CC(=O)N3CCNCC3)C(C)C=CC(C)CC3CCCC(CC(C1)O2)O3. The molecule has 3 saturated heterocycles. The summed E-state index contributed by atoms with van der Waals surface area (Å²) in [6.45, 7) is 11.7. The van der Waals surface area contributed by atoms with Gasteiger partial charge in [-0.1, -0.05) is 67.5 Å². The highest BCUT2D eigenvalue weighted by molar-refractivity contribution is 5.78. The molecule has 1 amide bonds. The van der Waals surface area contributed by atoms with Crippen molar-refractivity contribution < 1.29 is 23.8 Å². The number of carbonyl (C=O) groups is 2. The minimum atomic E-state index is -0.385. The molecule has 238 valence electrons. The molecule has 7 atom stereocenters. The second-order valence-electron chi connectivity index (χ2n) is 13.0. The number of ether oxygens (including phenoxy) is 3. The average Bonchev–Trinajstić information content (AvgIpc) is 2.99. The van der Waals surface area contributed by atoms with Gasteiger partial charge in [0, 0.05) is 44.9 Å². The van der Waals surface area contributed by atoms with Crippen LogP contribution in [0.3, 0.4) is 0 Å². The van der Waals surface area contributed by atoms with Gasteiger partial charge in [0.15, 0.2) is 0 Å². The van der Waals surface area contributed by atoms with E-state index in [1.165, 1.54) is 12.0 Å². The van der Waals surface area contributed by atoms with Crippen LogP contribution < -0.4 is 5.32 Å². The normalized spacial score (nSPS) is 34.6. The first-order chi connectivity index (χ1) is 20.8. The third-order valence-corrected chi connectivity index (χ3v) is 9.10. The minimum absolute atomic E-state index is 0.0176. The minimum Gasteiger partial charge on any atom is -0.457 e. The highest BCUT2D eigenvalue weighted by atomic mass is 16.5. The van der Waals surface area contributed by atoms with Gasteiger partial charge in [0.05, 0.1) is 30.8 Å². The number of cyclic esters (lactones) is 1. The lowest BCUT2D eigenvalue weighted by atomic mass is 9.90. The number of rotatable bonds is 5. The Hall–Kier alpha value is -2.48. The molecule has 4 aliphatic rings. The molecule has 0 aliphatic carbocycles. The lowest BCUT2D eigenvalue weighted by molar-refractivity contribution is -0.154. The molecule has 0 spiro atoms. The number of hydrogen-bond acceptors (Lipinski definition) is 6. The maximum atomic E-state index is 13.2. The standard InChI is InChI=1S/C36H54N2O5/c1-5-29-22-32-24-31-12-9-11-30(41-31)20-27(3)14-15-28(4)34(43-36(40)25-33(23-29)42-32)13-8-6-7-10-26(2)21-35(39)38-18-16-37-17-19-38/h5-8,10,13-15,27-28,30-34,37H,9,11-12,16-25H2,1-4H3. The molecule has 7 nitrogen and oxygen atoms in total. The Bertz CT molecular complexity index is 1070. The summed E-state index contributed by atoms with van der Waals surface area (Å²) in [4.78, 5) is 27.7. The van der Waals surface area contributed by atoms with E-state index in [1.807, 2.05) is 42.2 Å². The highest BCUT2D eigenvalue weighted by Crippen LogP contribution is 2.33. The zero-order valence-corrected chi connectivity index (χ0v) is 26.8. The molecule has 1 N–H and O–H groups in total. The van der Waals surface area contributed by atoms with Gasteiger partial charge < -0.3 is 24.4 Å². The Morgan fingerprint density at radius 3 is 2.44 bits per heavy atom. The summed E-state index contributed by atoms with van der Waals surface area (Å²) in [5.41, 5.74) is 2.38. The molecule has 4 heterocycles. The summed E-state index contributed by atoms with van der Waals surface area (Å²) in [7, 11) is 0. The van der Waals surface area contributed by atoms with Crippen LogP contribution in [-0.2, 0) is 23.8 Å². The van der Waals surface area contributed by atoms with Crippen molar-refractivity contribution in [3.63, 3.8) is 0 Å². The second kappa shape index (κ2) is 17.1. The summed E-state index contributed by atoms with van der Waals surface area (Å²) in [6, 6.07) is 0. The Kier molecular flexibility index (Phi) is 13.3. The van der Waals surface area contributed by atoms with Crippen LogP contribution >= 0.6 is 0 Å². The zero-order valence-electron chi connectivity index (χ0n) is 26.8. The van der Waals surface area contributed by atoms with Crippen molar-refractivity contribution in [3.05, 3.63) is 59.8 Å². The molecule has 7 unspecified atom stereocenters. The number of nitrogens with zero attached hydrogens (tertiary/aromatic N) is 1. The first-order valence-electron chi connectivity index (χ1n) is 16.6. The van der Waals surface area contributed by atoms with Gasteiger partial charge in [-0.05, 0) is 64.4 Å². The molecule has 0 aromatic heterocycles.